The van der Waals surface area contributed by atoms with E-state index in [1.807, 2.05) is 0 Å². The third-order valence-electron chi connectivity index (χ3n) is 4.00. The van der Waals surface area contributed by atoms with E-state index in [9.17, 15) is 22.8 Å². The first kappa shape index (κ1) is 20.7. The van der Waals surface area contributed by atoms with Crippen LogP contribution >= 0.6 is 0 Å². The normalized spacial score (nSPS) is 19.0. The summed E-state index contributed by atoms with van der Waals surface area (Å²) in [4.78, 5) is 36.0. The minimum atomic E-state index is -3.12. The first-order valence-corrected chi connectivity index (χ1v) is 10.2. The molecule has 0 radical (unpaired) electrons. The molecule has 1 aromatic carbocycles. The molecule has 0 aliphatic carbocycles. The van der Waals surface area contributed by atoms with Gasteiger partial charge in [0.15, 0.2) is 15.9 Å². The molecule has 0 aromatic heterocycles. The summed E-state index contributed by atoms with van der Waals surface area (Å²) < 4.78 is 32.8. The van der Waals surface area contributed by atoms with Crippen LogP contribution in [0.4, 0.5) is 0 Å². The molecule has 0 bridgehead atoms. The Morgan fingerprint density at radius 2 is 1.96 bits per heavy atom. The van der Waals surface area contributed by atoms with Gasteiger partial charge in [-0.05, 0) is 25.5 Å². The second kappa shape index (κ2) is 8.85. The number of methoxy groups -OCH3 is 1. The highest BCUT2D eigenvalue weighted by Gasteiger charge is 2.30. The minimum absolute atomic E-state index is 0.0289. The van der Waals surface area contributed by atoms with E-state index in [0.29, 0.717) is 12.2 Å². The van der Waals surface area contributed by atoms with Crippen molar-refractivity contribution in [2.24, 2.45) is 0 Å². The maximum Gasteiger partial charge on any atom is 0.326 e. The Labute approximate surface area is 157 Å². The third-order valence-corrected chi connectivity index (χ3v) is 5.77. The van der Waals surface area contributed by atoms with Gasteiger partial charge in [0.25, 0.3) is 11.8 Å². The van der Waals surface area contributed by atoms with Crippen LogP contribution in [0.2, 0.25) is 0 Å². The predicted octanol–water partition coefficient (Wildman–Crippen LogP) is -0.340. The summed E-state index contributed by atoms with van der Waals surface area (Å²) in [5, 5.41) is 4.94. The van der Waals surface area contributed by atoms with Gasteiger partial charge in [-0.3, -0.25) is 14.4 Å². The highest BCUT2D eigenvalue weighted by Crippen LogP contribution is 2.16. The van der Waals surface area contributed by atoms with Crippen molar-refractivity contribution < 1.29 is 32.3 Å². The van der Waals surface area contributed by atoms with Gasteiger partial charge in [-0.2, -0.15) is 0 Å². The zero-order valence-electron chi connectivity index (χ0n) is 15.1. The smallest absolute Gasteiger partial charge is 0.326 e. The minimum Gasteiger partial charge on any atom is -0.496 e. The third kappa shape index (κ3) is 5.95. The van der Waals surface area contributed by atoms with Gasteiger partial charge in [-0.1, -0.05) is 12.1 Å². The number of sulfone groups is 1. The molecular formula is C17H22N2O7S. The van der Waals surface area contributed by atoms with Crippen LogP contribution in [0.25, 0.3) is 0 Å². The number of amides is 2. The van der Waals surface area contributed by atoms with Crippen molar-refractivity contribution >= 4 is 27.6 Å². The first-order chi connectivity index (χ1) is 12.7. The average molecular weight is 398 g/mol. The number of rotatable bonds is 7. The van der Waals surface area contributed by atoms with Crippen molar-refractivity contribution in [1.82, 2.24) is 10.6 Å². The van der Waals surface area contributed by atoms with Gasteiger partial charge in [-0.25, -0.2) is 8.42 Å². The molecule has 1 heterocycles. The van der Waals surface area contributed by atoms with Crippen LogP contribution in [0, 0.1) is 0 Å². The predicted molar refractivity (Wildman–Crippen MR) is 96.1 cm³/mol. The van der Waals surface area contributed by atoms with Crippen LogP contribution < -0.4 is 15.4 Å². The fourth-order valence-electron chi connectivity index (χ4n) is 2.60. The number of esters is 1. The average Bonchev–Trinajstić information content (AvgIpc) is 2.97. The van der Waals surface area contributed by atoms with Crippen molar-refractivity contribution in [3.63, 3.8) is 0 Å². The molecule has 0 unspecified atom stereocenters. The molecule has 2 amide bonds. The van der Waals surface area contributed by atoms with E-state index in [1.165, 1.54) is 14.0 Å². The maximum absolute atomic E-state index is 12.1. The van der Waals surface area contributed by atoms with Crippen molar-refractivity contribution in [3.05, 3.63) is 29.8 Å². The van der Waals surface area contributed by atoms with Gasteiger partial charge in [-0.15, -0.1) is 0 Å². The van der Waals surface area contributed by atoms with Crippen molar-refractivity contribution in [2.45, 2.75) is 25.5 Å². The number of nitrogens with one attached hydrogen (secondary N) is 2. The Morgan fingerprint density at radius 3 is 2.59 bits per heavy atom. The topological polar surface area (TPSA) is 128 Å². The Bertz CT molecular complexity index is 822. The molecule has 0 spiro atoms. The van der Waals surface area contributed by atoms with E-state index in [2.05, 4.69) is 10.6 Å². The second-order valence-corrected chi connectivity index (χ2v) is 8.35. The Kier molecular flexibility index (Phi) is 6.78. The molecule has 10 heteroatoms. The highest BCUT2D eigenvalue weighted by atomic mass is 32.2. The SMILES string of the molecule is COc1ccccc1C(=O)NCC(=O)O[C@H](C)C(=O)N[C@H]1CCS(=O)(=O)C1. The molecule has 2 rings (SSSR count). The highest BCUT2D eigenvalue weighted by molar-refractivity contribution is 7.91. The van der Waals surface area contributed by atoms with E-state index in [4.69, 9.17) is 9.47 Å². The van der Waals surface area contributed by atoms with Gasteiger partial charge >= 0.3 is 5.97 Å². The lowest BCUT2D eigenvalue weighted by Crippen LogP contribution is -2.43. The Balaban J connectivity index is 1.79. The fraction of sp³-hybridized carbons (Fsp3) is 0.471. The molecule has 2 atom stereocenters. The molecule has 9 nitrogen and oxygen atoms in total. The summed E-state index contributed by atoms with van der Waals surface area (Å²) in [7, 11) is -1.69. The zero-order valence-corrected chi connectivity index (χ0v) is 15.9. The fourth-order valence-corrected chi connectivity index (χ4v) is 4.27. The zero-order chi connectivity index (χ0) is 20.0. The van der Waals surface area contributed by atoms with Gasteiger partial charge in [0.2, 0.25) is 0 Å². The van der Waals surface area contributed by atoms with Crippen LogP contribution in [0.15, 0.2) is 24.3 Å². The summed E-state index contributed by atoms with van der Waals surface area (Å²) in [6.07, 6.45) is -0.770. The quantitative estimate of drug-likeness (QED) is 0.601. The summed E-state index contributed by atoms with van der Waals surface area (Å²) in [5.41, 5.74) is 0.265. The van der Waals surface area contributed by atoms with Crippen molar-refractivity contribution in [1.29, 1.82) is 0 Å². The second-order valence-electron chi connectivity index (χ2n) is 6.12. The number of ether oxygens (including phenoxy) is 2. The molecule has 27 heavy (non-hydrogen) atoms. The number of carbonyl (C=O) groups excluding carboxylic acids is 3. The van der Waals surface area contributed by atoms with E-state index in [0.717, 1.165) is 0 Å². The summed E-state index contributed by atoms with van der Waals surface area (Å²) in [5.74, 6) is -1.61. The first-order valence-electron chi connectivity index (χ1n) is 8.33. The number of benzene rings is 1. The molecule has 1 aromatic rings. The molecule has 148 valence electrons. The standard InChI is InChI=1S/C17H22N2O7S/c1-11(16(21)19-12-7-8-27(23,24)10-12)26-15(20)9-18-17(22)13-5-3-4-6-14(13)25-2/h3-6,11-12H,7-10H2,1-2H3,(H,18,22)(H,19,21)/t11-,12+/m1/s1. The van der Waals surface area contributed by atoms with Crippen molar-refractivity contribution in [2.75, 3.05) is 25.2 Å². The van der Waals surface area contributed by atoms with Gasteiger partial charge in [0.1, 0.15) is 12.3 Å². The Hall–Kier alpha value is -2.62. The lowest BCUT2D eigenvalue weighted by atomic mass is 10.2. The monoisotopic (exact) mass is 398 g/mol. The maximum atomic E-state index is 12.1. The van der Waals surface area contributed by atoms with Gasteiger partial charge in [0.05, 0.1) is 24.2 Å². The number of carbonyl (C=O) groups is 3. The van der Waals surface area contributed by atoms with E-state index >= 15 is 0 Å². The van der Waals surface area contributed by atoms with Crippen LogP contribution in [-0.4, -0.2) is 63.5 Å². The summed E-state index contributed by atoms with van der Waals surface area (Å²) in [6.45, 7) is 0.949. The van der Waals surface area contributed by atoms with Gasteiger partial charge < -0.3 is 20.1 Å². The van der Waals surface area contributed by atoms with E-state index < -0.39 is 46.3 Å². The van der Waals surface area contributed by atoms with Gasteiger partial charge in [0, 0.05) is 6.04 Å². The van der Waals surface area contributed by atoms with Crippen LogP contribution in [0.5, 0.6) is 5.75 Å². The summed E-state index contributed by atoms with van der Waals surface area (Å²) in [6, 6.07) is 6.05. The number of hydrogen-bond acceptors (Lipinski definition) is 7. The Morgan fingerprint density at radius 1 is 1.26 bits per heavy atom. The lowest BCUT2D eigenvalue weighted by molar-refractivity contribution is -0.154. The van der Waals surface area contributed by atoms with Crippen LogP contribution in [-0.2, 0) is 24.2 Å². The molecule has 1 aliphatic rings. The number of para-hydroxylation sites is 1. The molecule has 1 saturated heterocycles. The molecule has 2 N–H and O–H groups in total. The molecular weight excluding hydrogens is 376 g/mol. The van der Waals surface area contributed by atoms with Crippen LogP contribution in [0.3, 0.4) is 0 Å². The molecule has 0 saturated carbocycles. The van der Waals surface area contributed by atoms with Crippen molar-refractivity contribution in [3.8, 4) is 5.75 Å². The lowest BCUT2D eigenvalue weighted by Gasteiger charge is -2.16. The summed E-state index contributed by atoms with van der Waals surface area (Å²) >= 11 is 0. The molecule has 1 aliphatic heterocycles. The van der Waals surface area contributed by atoms with E-state index in [-0.39, 0.29) is 17.1 Å². The molecule has 1 fully saturated rings. The largest absolute Gasteiger partial charge is 0.496 e. The number of hydrogen-bond donors (Lipinski definition) is 2. The van der Waals surface area contributed by atoms with E-state index in [1.54, 1.807) is 24.3 Å². The van der Waals surface area contributed by atoms with Crippen LogP contribution in [0.1, 0.15) is 23.7 Å².